The maximum atomic E-state index is 13.0. The first-order chi connectivity index (χ1) is 14.0. The molecule has 0 aliphatic carbocycles. The summed E-state index contributed by atoms with van der Waals surface area (Å²) >= 11 is 1.26. The summed E-state index contributed by atoms with van der Waals surface area (Å²) < 4.78 is 4.94. The van der Waals surface area contributed by atoms with Crippen molar-refractivity contribution in [3.8, 4) is 0 Å². The second-order valence-corrected chi connectivity index (χ2v) is 8.05. The highest BCUT2D eigenvalue weighted by atomic mass is 32.2. The lowest BCUT2D eigenvalue weighted by molar-refractivity contribution is -0.143. The Bertz CT molecular complexity index is 775. The minimum Gasteiger partial charge on any atom is -0.463 e. The molecule has 3 rings (SSSR count). The largest absolute Gasteiger partial charge is 0.463 e. The lowest BCUT2D eigenvalue weighted by Gasteiger charge is -2.37. The molecule has 0 unspecified atom stereocenters. The zero-order valence-corrected chi connectivity index (χ0v) is 17.7. The van der Waals surface area contributed by atoms with Crippen LogP contribution in [-0.2, 0) is 25.7 Å². The van der Waals surface area contributed by atoms with Gasteiger partial charge in [0.15, 0.2) is 0 Å². The lowest BCUT2D eigenvalue weighted by Crippen LogP contribution is -2.54. The van der Waals surface area contributed by atoms with Crippen LogP contribution >= 0.6 is 11.8 Å². The van der Waals surface area contributed by atoms with Crippen LogP contribution in [0.1, 0.15) is 19.4 Å². The van der Waals surface area contributed by atoms with Crippen molar-refractivity contribution in [1.29, 1.82) is 0 Å². The molecule has 156 valence electrons. The number of carbonyl (C=O) groups excluding carboxylic acids is 3. The van der Waals surface area contributed by atoms with Crippen LogP contribution < -0.4 is 0 Å². The van der Waals surface area contributed by atoms with Crippen molar-refractivity contribution < 1.29 is 19.1 Å². The van der Waals surface area contributed by atoms with Crippen LogP contribution in [0.2, 0.25) is 0 Å². The Morgan fingerprint density at radius 3 is 2.52 bits per heavy atom. The van der Waals surface area contributed by atoms with E-state index in [4.69, 9.17) is 4.74 Å². The van der Waals surface area contributed by atoms with Gasteiger partial charge in [0, 0.05) is 32.7 Å². The number of thioether (sulfide) groups is 1. The van der Waals surface area contributed by atoms with Crippen molar-refractivity contribution >= 4 is 29.5 Å². The molecular formula is C21H27N3O4S. The molecule has 2 fully saturated rings. The summed E-state index contributed by atoms with van der Waals surface area (Å²) in [5.41, 5.74) is 1.26. The number of benzene rings is 1. The SMILES string of the molecule is CCOC(=O)/C=C1\SCC(=O)N1[C@@H](C)C(=O)N1CCN(Cc2ccccc2)CC1. The summed E-state index contributed by atoms with van der Waals surface area (Å²) in [6.07, 6.45) is 1.31. The fourth-order valence-electron chi connectivity index (χ4n) is 3.54. The summed E-state index contributed by atoms with van der Waals surface area (Å²) in [7, 11) is 0. The molecule has 7 nitrogen and oxygen atoms in total. The van der Waals surface area contributed by atoms with Gasteiger partial charge in [0.2, 0.25) is 11.8 Å². The van der Waals surface area contributed by atoms with Gasteiger partial charge in [-0.3, -0.25) is 19.4 Å². The van der Waals surface area contributed by atoms with E-state index in [1.165, 1.54) is 28.3 Å². The molecule has 0 spiro atoms. The highest BCUT2D eigenvalue weighted by Crippen LogP contribution is 2.31. The van der Waals surface area contributed by atoms with Gasteiger partial charge < -0.3 is 9.64 Å². The van der Waals surface area contributed by atoms with E-state index in [1.54, 1.807) is 13.8 Å². The molecule has 1 aromatic rings. The second kappa shape index (κ2) is 9.93. The molecule has 0 radical (unpaired) electrons. The van der Waals surface area contributed by atoms with Gasteiger partial charge in [0.1, 0.15) is 6.04 Å². The van der Waals surface area contributed by atoms with Gasteiger partial charge in [-0.2, -0.15) is 0 Å². The maximum Gasteiger partial charge on any atom is 0.333 e. The number of carbonyl (C=O) groups is 3. The summed E-state index contributed by atoms with van der Waals surface area (Å²) in [5, 5.41) is 0.483. The van der Waals surface area contributed by atoms with E-state index >= 15 is 0 Å². The molecule has 0 saturated carbocycles. The number of esters is 1. The zero-order valence-electron chi connectivity index (χ0n) is 16.9. The molecule has 2 saturated heterocycles. The number of rotatable bonds is 6. The second-order valence-electron chi connectivity index (χ2n) is 7.05. The van der Waals surface area contributed by atoms with E-state index in [2.05, 4.69) is 17.0 Å². The van der Waals surface area contributed by atoms with E-state index in [0.717, 1.165) is 19.6 Å². The van der Waals surface area contributed by atoms with Crippen LogP contribution in [0.5, 0.6) is 0 Å². The third-order valence-electron chi connectivity index (χ3n) is 5.06. The van der Waals surface area contributed by atoms with E-state index in [9.17, 15) is 14.4 Å². The van der Waals surface area contributed by atoms with Gasteiger partial charge >= 0.3 is 5.97 Å². The lowest BCUT2D eigenvalue weighted by atomic mass is 10.2. The molecule has 2 heterocycles. The average Bonchev–Trinajstić information content (AvgIpc) is 3.08. The first kappa shape index (κ1) is 21.4. The van der Waals surface area contributed by atoms with Gasteiger partial charge in [-0.25, -0.2) is 4.79 Å². The van der Waals surface area contributed by atoms with Crippen molar-refractivity contribution in [1.82, 2.24) is 14.7 Å². The quantitative estimate of drug-likeness (QED) is 0.518. The van der Waals surface area contributed by atoms with Crippen molar-refractivity contribution in [2.75, 3.05) is 38.5 Å². The van der Waals surface area contributed by atoms with Crippen LogP contribution in [0.15, 0.2) is 41.4 Å². The van der Waals surface area contributed by atoms with Gasteiger partial charge in [0.05, 0.1) is 23.5 Å². The monoisotopic (exact) mass is 417 g/mol. The van der Waals surface area contributed by atoms with Crippen molar-refractivity contribution in [2.45, 2.75) is 26.4 Å². The van der Waals surface area contributed by atoms with Gasteiger partial charge in [0.25, 0.3) is 0 Å². The number of hydrogen-bond acceptors (Lipinski definition) is 6. The van der Waals surface area contributed by atoms with Crippen LogP contribution in [0, 0.1) is 0 Å². The van der Waals surface area contributed by atoms with Crippen molar-refractivity contribution in [2.24, 2.45) is 0 Å². The van der Waals surface area contributed by atoms with Crippen LogP contribution in [0.4, 0.5) is 0 Å². The normalized spacial score (nSPS) is 20.2. The van der Waals surface area contributed by atoms with Gasteiger partial charge in [-0.05, 0) is 19.4 Å². The van der Waals surface area contributed by atoms with Crippen LogP contribution in [0.3, 0.4) is 0 Å². The minimum atomic E-state index is -0.640. The Kier molecular flexibility index (Phi) is 7.33. The van der Waals surface area contributed by atoms with E-state index in [1.807, 2.05) is 23.1 Å². The fraction of sp³-hybridized carbons (Fsp3) is 0.476. The third kappa shape index (κ3) is 5.39. The molecule has 0 bridgehead atoms. The Hall–Kier alpha value is -2.32. The molecule has 0 aromatic heterocycles. The fourth-order valence-corrected chi connectivity index (χ4v) is 4.53. The smallest absolute Gasteiger partial charge is 0.333 e. The van der Waals surface area contributed by atoms with Crippen molar-refractivity contribution in [3.63, 3.8) is 0 Å². The molecule has 1 aromatic carbocycles. The van der Waals surface area contributed by atoms with E-state index in [0.29, 0.717) is 18.1 Å². The highest BCUT2D eigenvalue weighted by Gasteiger charge is 2.37. The Labute approximate surface area is 175 Å². The van der Waals surface area contributed by atoms with Crippen LogP contribution in [0.25, 0.3) is 0 Å². The van der Waals surface area contributed by atoms with Gasteiger partial charge in [-0.1, -0.05) is 42.1 Å². The molecule has 2 aliphatic rings. The van der Waals surface area contributed by atoms with Crippen molar-refractivity contribution in [3.05, 3.63) is 47.0 Å². The van der Waals surface area contributed by atoms with E-state index < -0.39 is 12.0 Å². The zero-order chi connectivity index (χ0) is 20.8. The molecule has 2 aliphatic heterocycles. The first-order valence-electron chi connectivity index (χ1n) is 9.88. The standard InChI is InChI=1S/C21H27N3O4S/c1-3-28-20(26)13-19-24(18(25)15-29-19)16(2)21(27)23-11-9-22(10-12-23)14-17-7-5-4-6-8-17/h4-8,13,16H,3,9-12,14-15H2,1-2H3/b19-13-/t16-/m0/s1. The molecule has 8 heteroatoms. The summed E-state index contributed by atoms with van der Waals surface area (Å²) in [6.45, 7) is 7.43. The number of hydrogen-bond donors (Lipinski definition) is 0. The molecule has 0 N–H and O–H groups in total. The Balaban J connectivity index is 1.58. The maximum absolute atomic E-state index is 13.0. The van der Waals surface area contributed by atoms with E-state index in [-0.39, 0.29) is 24.2 Å². The molecular weight excluding hydrogens is 390 g/mol. The summed E-state index contributed by atoms with van der Waals surface area (Å²) in [5.74, 6) is -0.513. The minimum absolute atomic E-state index is 0.0880. The highest BCUT2D eigenvalue weighted by molar-refractivity contribution is 8.04. The third-order valence-corrected chi connectivity index (χ3v) is 6.06. The number of ether oxygens (including phenoxy) is 1. The number of nitrogens with zero attached hydrogens (tertiary/aromatic N) is 3. The Morgan fingerprint density at radius 2 is 1.86 bits per heavy atom. The number of piperazine rings is 1. The Morgan fingerprint density at radius 1 is 1.17 bits per heavy atom. The topological polar surface area (TPSA) is 70.2 Å². The molecule has 1 atom stereocenters. The number of amides is 2. The summed E-state index contributed by atoms with van der Waals surface area (Å²) in [6, 6.07) is 9.64. The molecule has 29 heavy (non-hydrogen) atoms. The van der Waals surface area contributed by atoms with Crippen LogP contribution in [-0.4, -0.2) is 77.1 Å². The molecule has 2 amide bonds. The van der Waals surface area contributed by atoms with Gasteiger partial charge in [-0.15, -0.1) is 0 Å². The summed E-state index contributed by atoms with van der Waals surface area (Å²) in [4.78, 5) is 42.7. The first-order valence-corrected chi connectivity index (χ1v) is 10.9. The average molecular weight is 418 g/mol. The predicted octanol–water partition coefficient (Wildman–Crippen LogP) is 1.70. The predicted molar refractivity (Wildman–Crippen MR) is 112 cm³/mol.